The first-order valence-corrected chi connectivity index (χ1v) is 7.02. The van der Waals surface area contributed by atoms with Crippen LogP contribution in [0.1, 0.15) is 0 Å². The lowest BCUT2D eigenvalue weighted by Gasteiger charge is -2.39. The minimum absolute atomic E-state index is 0.303. The van der Waals surface area contributed by atoms with Gasteiger partial charge in [0.15, 0.2) is 11.6 Å². The largest absolute Gasteiger partial charge is 0.352 e. The number of benzene rings is 1. The Morgan fingerprint density at radius 2 is 1.86 bits per heavy atom. The van der Waals surface area contributed by atoms with Crippen LogP contribution in [0.15, 0.2) is 42.7 Å². The highest BCUT2D eigenvalue weighted by Gasteiger charge is 2.36. The van der Waals surface area contributed by atoms with Crippen molar-refractivity contribution in [3.63, 3.8) is 0 Å². The van der Waals surface area contributed by atoms with Crippen molar-refractivity contribution in [1.82, 2.24) is 19.6 Å². The maximum atomic E-state index is 12.6. The van der Waals surface area contributed by atoms with Crippen LogP contribution in [-0.4, -0.2) is 39.1 Å². The molecule has 3 heterocycles. The molecule has 4 rings (SSSR count). The Morgan fingerprint density at radius 1 is 1.09 bits per heavy atom. The Labute approximate surface area is 125 Å². The predicted octanol–water partition coefficient (Wildman–Crippen LogP) is 2.49. The first kappa shape index (κ1) is 13.1. The quantitative estimate of drug-likeness (QED) is 0.745. The summed E-state index contributed by atoms with van der Waals surface area (Å²) in [6.45, 7) is 0.607. The van der Waals surface area contributed by atoms with E-state index >= 15 is 0 Å². The number of alkyl halides is 2. The Morgan fingerprint density at radius 3 is 2.59 bits per heavy atom. The van der Waals surface area contributed by atoms with E-state index in [4.69, 9.17) is 0 Å². The molecule has 0 aliphatic carbocycles. The van der Waals surface area contributed by atoms with Crippen molar-refractivity contribution in [2.24, 2.45) is 5.92 Å². The van der Waals surface area contributed by atoms with Crippen molar-refractivity contribution >= 4 is 11.5 Å². The first-order chi connectivity index (χ1) is 10.7. The van der Waals surface area contributed by atoms with Crippen LogP contribution in [0.4, 0.5) is 14.6 Å². The summed E-state index contributed by atoms with van der Waals surface area (Å²) in [4.78, 5) is 6.10. The van der Waals surface area contributed by atoms with Gasteiger partial charge in [-0.2, -0.15) is 0 Å². The van der Waals surface area contributed by atoms with Gasteiger partial charge in [0.1, 0.15) is 0 Å². The van der Waals surface area contributed by atoms with Crippen molar-refractivity contribution in [3.05, 3.63) is 42.7 Å². The van der Waals surface area contributed by atoms with Crippen molar-refractivity contribution in [2.75, 3.05) is 18.0 Å². The maximum absolute atomic E-state index is 12.6. The lowest BCUT2D eigenvalue weighted by Crippen LogP contribution is -2.50. The fourth-order valence-corrected chi connectivity index (χ4v) is 2.67. The van der Waals surface area contributed by atoms with E-state index in [0.717, 1.165) is 5.56 Å². The molecule has 0 amide bonds. The summed E-state index contributed by atoms with van der Waals surface area (Å²) >= 11 is 0. The average Bonchev–Trinajstić information content (AvgIpc) is 2.91. The number of halogens is 2. The molecule has 1 aliphatic heterocycles. The topological polar surface area (TPSA) is 46.3 Å². The van der Waals surface area contributed by atoms with Crippen LogP contribution in [0.5, 0.6) is 0 Å². The zero-order valence-electron chi connectivity index (χ0n) is 11.6. The van der Waals surface area contributed by atoms with Gasteiger partial charge in [-0.25, -0.2) is 13.8 Å². The number of fused-ring (bicyclic) bond motifs is 1. The molecule has 0 spiro atoms. The Balaban J connectivity index is 1.72. The summed E-state index contributed by atoms with van der Waals surface area (Å²) in [5.74, 6) is 0.734. The summed E-state index contributed by atoms with van der Waals surface area (Å²) in [5.41, 5.74) is 1.54. The lowest BCUT2D eigenvalue weighted by molar-refractivity contribution is 0.0612. The molecule has 1 saturated heterocycles. The molecule has 0 saturated carbocycles. The standard InChI is InChI=1S/C15H13F2N5/c16-12(17)11-8-21(9-11)14-15-20-19-13(22(15)7-6-18-14)10-4-2-1-3-5-10/h1-7,11-12H,8-9H2. The summed E-state index contributed by atoms with van der Waals surface area (Å²) in [5, 5.41) is 8.41. The van der Waals surface area contributed by atoms with E-state index in [1.165, 1.54) is 0 Å². The molecular weight excluding hydrogens is 288 g/mol. The van der Waals surface area contributed by atoms with E-state index in [0.29, 0.717) is 30.4 Å². The van der Waals surface area contributed by atoms with E-state index in [-0.39, 0.29) is 0 Å². The molecule has 3 aromatic rings. The molecule has 2 aromatic heterocycles. The van der Waals surface area contributed by atoms with E-state index in [9.17, 15) is 8.78 Å². The van der Waals surface area contributed by atoms with Crippen LogP contribution < -0.4 is 4.90 Å². The number of rotatable bonds is 3. The highest BCUT2D eigenvalue weighted by Crippen LogP contribution is 2.30. The van der Waals surface area contributed by atoms with Crippen LogP contribution in [0.2, 0.25) is 0 Å². The SMILES string of the molecule is FC(F)C1CN(c2nccn3c(-c4ccccc4)nnc23)C1. The van der Waals surface area contributed by atoms with Crippen molar-refractivity contribution < 1.29 is 8.78 Å². The van der Waals surface area contributed by atoms with Gasteiger partial charge in [-0.1, -0.05) is 30.3 Å². The second-order valence-electron chi connectivity index (χ2n) is 5.33. The lowest BCUT2D eigenvalue weighted by atomic mass is 10.0. The van der Waals surface area contributed by atoms with E-state index in [1.54, 1.807) is 12.4 Å². The molecule has 0 N–H and O–H groups in total. The number of nitrogens with zero attached hydrogens (tertiary/aromatic N) is 5. The van der Waals surface area contributed by atoms with Gasteiger partial charge in [0.05, 0.1) is 5.92 Å². The van der Waals surface area contributed by atoms with Gasteiger partial charge in [0, 0.05) is 31.0 Å². The zero-order chi connectivity index (χ0) is 15.1. The zero-order valence-corrected chi connectivity index (χ0v) is 11.6. The third-order valence-electron chi connectivity index (χ3n) is 3.91. The van der Waals surface area contributed by atoms with Gasteiger partial charge in [0.2, 0.25) is 12.1 Å². The summed E-state index contributed by atoms with van der Waals surface area (Å²) in [6, 6.07) is 9.70. The van der Waals surface area contributed by atoms with E-state index < -0.39 is 12.3 Å². The monoisotopic (exact) mass is 301 g/mol. The molecule has 1 aromatic carbocycles. The average molecular weight is 301 g/mol. The normalized spacial score (nSPS) is 15.5. The molecule has 0 radical (unpaired) electrons. The molecule has 7 heteroatoms. The highest BCUT2D eigenvalue weighted by molar-refractivity contribution is 5.69. The van der Waals surface area contributed by atoms with E-state index in [1.807, 2.05) is 39.6 Å². The summed E-state index contributed by atoms with van der Waals surface area (Å²) in [7, 11) is 0. The van der Waals surface area contributed by atoms with E-state index in [2.05, 4.69) is 15.2 Å². The minimum Gasteiger partial charge on any atom is -0.352 e. The van der Waals surface area contributed by atoms with Crippen LogP contribution in [0.3, 0.4) is 0 Å². The Kier molecular flexibility index (Phi) is 2.99. The van der Waals surface area contributed by atoms with Gasteiger partial charge in [0.25, 0.3) is 0 Å². The third-order valence-corrected chi connectivity index (χ3v) is 3.91. The number of hydrogen-bond acceptors (Lipinski definition) is 4. The van der Waals surface area contributed by atoms with Gasteiger partial charge in [-0.15, -0.1) is 10.2 Å². The molecular formula is C15H13F2N5. The van der Waals surface area contributed by atoms with Gasteiger partial charge < -0.3 is 4.90 Å². The molecule has 5 nitrogen and oxygen atoms in total. The second-order valence-corrected chi connectivity index (χ2v) is 5.33. The Hall–Kier alpha value is -2.57. The predicted molar refractivity (Wildman–Crippen MR) is 77.9 cm³/mol. The van der Waals surface area contributed by atoms with Crippen LogP contribution >= 0.6 is 0 Å². The molecule has 0 bridgehead atoms. The minimum atomic E-state index is -2.28. The molecule has 1 fully saturated rings. The van der Waals surface area contributed by atoms with Crippen LogP contribution in [0, 0.1) is 5.92 Å². The fourth-order valence-electron chi connectivity index (χ4n) is 2.67. The second kappa shape index (κ2) is 5.01. The third kappa shape index (κ3) is 2.01. The smallest absolute Gasteiger partial charge is 0.244 e. The number of anilines is 1. The van der Waals surface area contributed by atoms with Crippen LogP contribution in [0.25, 0.3) is 17.0 Å². The number of aromatic nitrogens is 4. The van der Waals surface area contributed by atoms with Crippen molar-refractivity contribution in [2.45, 2.75) is 6.43 Å². The fraction of sp³-hybridized carbons (Fsp3) is 0.267. The highest BCUT2D eigenvalue weighted by atomic mass is 19.3. The maximum Gasteiger partial charge on any atom is 0.244 e. The van der Waals surface area contributed by atoms with Crippen molar-refractivity contribution in [1.29, 1.82) is 0 Å². The Bertz CT molecular complexity index is 796. The van der Waals surface area contributed by atoms with Crippen LogP contribution in [-0.2, 0) is 0 Å². The first-order valence-electron chi connectivity index (χ1n) is 7.02. The molecule has 22 heavy (non-hydrogen) atoms. The number of hydrogen-bond donors (Lipinski definition) is 0. The molecule has 112 valence electrons. The molecule has 0 atom stereocenters. The summed E-state index contributed by atoms with van der Waals surface area (Å²) < 4.78 is 27.1. The summed E-state index contributed by atoms with van der Waals surface area (Å²) in [6.07, 6.45) is 1.15. The van der Waals surface area contributed by atoms with Gasteiger partial charge in [-0.05, 0) is 0 Å². The van der Waals surface area contributed by atoms with Gasteiger partial charge >= 0.3 is 0 Å². The van der Waals surface area contributed by atoms with Crippen molar-refractivity contribution in [3.8, 4) is 11.4 Å². The molecule has 1 aliphatic rings. The van der Waals surface area contributed by atoms with Gasteiger partial charge in [-0.3, -0.25) is 4.40 Å². The molecule has 0 unspecified atom stereocenters.